The number of nitrogens with zero attached hydrogens (tertiary/aromatic N) is 3. The molecule has 1 aromatic heterocycles. The number of rotatable bonds is 5. The van der Waals surface area contributed by atoms with Crippen molar-refractivity contribution in [3.63, 3.8) is 0 Å². The summed E-state index contributed by atoms with van der Waals surface area (Å²) in [5.74, 6) is 0.714. The van der Waals surface area contributed by atoms with Crippen molar-refractivity contribution >= 4 is 11.3 Å². The lowest BCUT2D eigenvalue weighted by atomic mass is 9.98. The lowest BCUT2D eigenvalue weighted by Gasteiger charge is -2.32. The molecule has 1 aliphatic carbocycles. The molecule has 0 spiro atoms. The van der Waals surface area contributed by atoms with E-state index in [0.717, 1.165) is 0 Å². The molecule has 4 rings (SSSR count). The standard InChI is InChI=1S/C19H31N3S/c1-2-9-18-17(8-1)20-19(23-18)16-7-5-12-22(15-16)14-6-13-21-10-3-4-11-21/h16H,1-15H2. The van der Waals surface area contributed by atoms with Crippen LogP contribution in [0.5, 0.6) is 0 Å². The second kappa shape index (κ2) is 7.62. The molecule has 128 valence electrons. The lowest BCUT2D eigenvalue weighted by molar-refractivity contribution is 0.194. The summed E-state index contributed by atoms with van der Waals surface area (Å²) in [5, 5.41) is 1.46. The molecule has 3 nitrogen and oxygen atoms in total. The SMILES string of the molecule is C1CCc2sc(C3CCCN(CCCN4CCCC4)C3)nc2C1. The average molecular weight is 334 g/mol. The Bertz CT molecular complexity index is 483. The first-order chi connectivity index (χ1) is 11.4. The van der Waals surface area contributed by atoms with Crippen molar-refractivity contribution in [2.45, 2.75) is 63.7 Å². The van der Waals surface area contributed by atoms with Crippen molar-refractivity contribution in [1.29, 1.82) is 0 Å². The highest BCUT2D eigenvalue weighted by Crippen LogP contribution is 2.34. The molecule has 0 radical (unpaired) electrons. The van der Waals surface area contributed by atoms with E-state index in [1.54, 1.807) is 4.88 Å². The number of likely N-dealkylation sites (tertiary alicyclic amines) is 2. The Balaban J connectivity index is 1.29. The van der Waals surface area contributed by atoms with E-state index in [4.69, 9.17) is 4.98 Å². The van der Waals surface area contributed by atoms with Crippen LogP contribution in [0.2, 0.25) is 0 Å². The molecule has 3 heterocycles. The molecule has 2 aliphatic heterocycles. The third kappa shape index (κ3) is 3.97. The fraction of sp³-hybridized carbons (Fsp3) is 0.842. The van der Waals surface area contributed by atoms with Crippen LogP contribution in [0.3, 0.4) is 0 Å². The molecule has 0 N–H and O–H groups in total. The van der Waals surface area contributed by atoms with Crippen LogP contribution in [-0.2, 0) is 12.8 Å². The lowest BCUT2D eigenvalue weighted by Crippen LogP contribution is -2.36. The number of hydrogen-bond donors (Lipinski definition) is 0. The minimum absolute atomic E-state index is 0.714. The third-order valence-corrected chi connectivity index (χ3v) is 7.18. The summed E-state index contributed by atoms with van der Waals surface area (Å²) >= 11 is 2.04. The Morgan fingerprint density at radius 3 is 2.57 bits per heavy atom. The predicted octanol–water partition coefficient (Wildman–Crippen LogP) is 3.69. The number of aryl methyl sites for hydroxylation is 2. The van der Waals surface area contributed by atoms with Crippen molar-refractivity contribution in [2.24, 2.45) is 0 Å². The highest BCUT2D eigenvalue weighted by Gasteiger charge is 2.26. The van der Waals surface area contributed by atoms with Gasteiger partial charge in [-0.2, -0.15) is 0 Å². The van der Waals surface area contributed by atoms with E-state index >= 15 is 0 Å². The van der Waals surface area contributed by atoms with Gasteiger partial charge in [-0.3, -0.25) is 0 Å². The second-order valence-electron chi connectivity index (χ2n) is 7.67. The molecule has 2 saturated heterocycles. The van der Waals surface area contributed by atoms with Gasteiger partial charge in [-0.15, -0.1) is 11.3 Å². The Kier molecular flexibility index (Phi) is 5.32. The molecular formula is C19H31N3S. The topological polar surface area (TPSA) is 19.4 Å². The zero-order chi connectivity index (χ0) is 15.5. The highest BCUT2D eigenvalue weighted by molar-refractivity contribution is 7.11. The van der Waals surface area contributed by atoms with E-state index in [-0.39, 0.29) is 0 Å². The van der Waals surface area contributed by atoms with E-state index in [1.165, 1.54) is 108 Å². The number of hydrogen-bond acceptors (Lipinski definition) is 4. The summed E-state index contributed by atoms with van der Waals surface area (Å²) in [4.78, 5) is 12.0. The smallest absolute Gasteiger partial charge is 0.0974 e. The van der Waals surface area contributed by atoms with Crippen LogP contribution in [0.4, 0.5) is 0 Å². The van der Waals surface area contributed by atoms with E-state index in [2.05, 4.69) is 9.80 Å². The highest BCUT2D eigenvalue weighted by atomic mass is 32.1. The van der Waals surface area contributed by atoms with Crippen LogP contribution >= 0.6 is 11.3 Å². The van der Waals surface area contributed by atoms with E-state index < -0.39 is 0 Å². The largest absolute Gasteiger partial charge is 0.303 e. The predicted molar refractivity (Wildman–Crippen MR) is 97.5 cm³/mol. The minimum atomic E-state index is 0.714. The van der Waals surface area contributed by atoms with E-state index in [1.807, 2.05) is 11.3 Å². The monoisotopic (exact) mass is 333 g/mol. The van der Waals surface area contributed by atoms with E-state index in [9.17, 15) is 0 Å². The Hall–Kier alpha value is -0.450. The molecule has 0 amide bonds. The van der Waals surface area contributed by atoms with Crippen LogP contribution in [-0.4, -0.2) is 54.1 Å². The first-order valence-corrected chi connectivity index (χ1v) is 10.6. The Labute approximate surface area is 145 Å². The normalized spacial score (nSPS) is 26.5. The van der Waals surface area contributed by atoms with Gasteiger partial charge in [-0.25, -0.2) is 4.98 Å². The Morgan fingerprint density at radius 1 is 0.913 bits per heavy atom. The average Bonchev–Trinajstić information content (AvgIpc) is 3.24. The van der Waals surface area contributed by atoms with Gasteiger partial charge >= 0.3 is 0 Å². The van der Waals surface area contributed by atoms with Gasteiger partial charge in [0.1, 0.15) is 0 Å². The number of piperidine rings is 1. The van der Waals surface area contributed by atoms with Gasteiger partial charge < -0.3 is 9.80 Å². The molecule has 1 unspecified atom stereocenters. The van der Waals surface area contributed by atoms with Gasteiger partial charge in [0.2, 0.25) is 0 Å². The second-order valence-corrected chi connectivity index (χ2v) is 8.79. The number of thiazole rings is 1. The molecule has 4 heteroatoms. The van der Waals surface area contributed by atoms with Crippen LogP contribution in [0, 0.1) is 0 Å². The van der Waals surface area contributed by atoms with Crippen LogP contribution < -0.4 is 0 Å². The zero-order valence-electron chi connectivity index (χ0n) is 14.4. The molecule has 23 heavy (non-hydrogen) atoms. The van der Waals surface area contributed by atoms with Crippen molar-refractivity contribution in [3.05, 3.63) is 15.6 Å². The maximum Gasteiger partial charge on any atom is 0.0974 e. The van der Waals surface area contributed by atoms with Crippen molar-refractivity contribution in [1.82, 2.24) is 14.8 Å². The summed E-state index contributed by atoms with van der Waals surface area (Å²) in [6.45, 7) is 7.85. The summed E-state index contributed by atoms with van der Waals surface area (Å²) in [7, 11) is 0. The summed E-state index contributed by atoms with van der Waals surface area (Å²) in [6, 6.07) is 0. The molecule has 0 aromatic carbocycles. The maximum atomic E-state index is 5.04. The molecule has 0 saturated carbocycles. The van der Waals surface area contributed by atoms with E-state index in [0.29, 0.717) is 5.92 Å². The molecule has 1 aromatic rings. The van der Waals surface area contributed by atoms with Crippen molar-refractivity contribution in [3.8, 4) is 0 Å². The quantitative estimate of drug-likeness (QED) is 0.819. The minimum Gasteiger partial charge on any atom is -0.303 e. The number of aromatic nitrogens is 1. The van der Waals surface area contributed by atoms with Crippen LogP contribution in [0.1, 0.15) is 66.4 Å². The van der Waals surface area contributed by atoms with Gasteiger partial charge in [-0.1, -0.05) is 0 Å². The van der Waals surface area contributed by atoms with Crippen LogP contribution in [0.25, 0.3) is 0 Å². The molecule has 2 fully saturated rings. The number of fused-ring (bicyclic) bond motifs is 1. The van der Waals surface area contributed by atoms with Crippen molar-refractivity contribution in [2.75, 3.05) is 39.3 Å². The van der Waals surface area contributed by atoms with Gasteiger partial charge in [-0.05, 0) is 90.5 Å². The fourth-order valence-corrected chi connectivity index (χ4v) is 5.81. The third-order valence-electron chi connectivity index (χ3n) is 5.86. The molecule has 1 atom stereocenters. The zero-order valence-corrected chi connectivity index (χ0v) is 15.3. The van der Waals surface area contributed by atoms with Gasteiger partial charge in [0.15, 0.2) is 0 Å². The van der Waals surface area contributed by atoms with Gasteiger partial charge in [0.25, 0.3) is 0 Å². The Morgan fingerprint density at radius 2 is 1.70 bits per heavy atom. The first kappa shape index (κ1) is 16.0. The van der Waals surface area contributed by atoms with Crippen LogP contribution in [0.15, 0.2) is 0 Å². The molecule has 3 aliphatic rings. The van der Waals surface area contributed by atoms with Gasteiger partial charge in [0, 0.05) is 17.3 Å². The fourth-order valence-electron chi connectivity index (χ4n) is 4.53. The van der Waals surface area contributed by atoms with Gasteiger partial charge in [0.05, 0.1) is 10.7 Å². The first-order valence-electron chi connectivity index (χ1n) is 9.82. The summed E-state index contributed by atoms with van der Waals surface area (Å²) < 4.78 is 0. The van der Waals surface area contributed by atoms with Crippen molar-refractivity contribution < 1.29 is 0 Å². The molecular weight excluding hydrogens is 302 g/mol. The molecule has 0 bridgehead atoms. The summed E-state index contributed by atoms with van der Waals surface area (Å²) in [6.07, 6.45) is 12.2. The maximum absolute atomic E-state index is 5.04. The summed E-state index contributed by atoms with van der Waals surface area (Å²) in [5.41, 5.74) is 1.45.